The molecule has 0 fully saturated rings. The van der Waals surface area contributed by atoms with Crippen LogP contribution in [0.15, 0.2) is 135 Å². The van der Waals surface area contributed by atoms with E-state index in [0.29, 0.717) is 5.69 Å². The maximum absolute atomic E-state index is 13.7. The fraction of sp³-hybridized carbons (Fsp3) is 0.0465. The minimum Gasteiger partial charge on any atom is -0.497 e. The highest BCUT2D eigenvalue weighted by atomic mass is 32.2. The zero-order valence-electron chi connectivity index (χ0n) is 37.0. The van der Waals surface area contributed by atoms with Crippen LogP contribution in [0.25, 0.3) is 9.81 Å². The Kier molecular flexibility index (Phi) is 13.7. The van der Waals surface area contributed by atoms with Gasteiger partial charge in [-0.05, 0) is 84.9 Å². The molecular weight excluding hydrogens is 1040 g/mol. The summed E-state index contributed by atoms with van der Waals surface area (Å²) in [6.45, 7) is 0. The van der Waals surface area contributed by atoms with Gasteiger partial charge in [-0.1, -0.05) is 18.2 Å². The van der Waals surface area contributed by atoms with Crippen LogP contribution in [0.2, 0.25) is 0 Å². The molecule has 30 heteroatoms. The maximum Gasteiger partial charge on any atom is 0.296 e. The number of fused-ring (bicyclic) bond motifs is 2. The summed E-state index contributed by atoms with van der Waals surface area (Å²) in [4.78, 5) is 37.6. The molecule has 1 heterocycles. The molecule has 0 saturated heterocycles. The van der Waals surface area contributed by atoms with Crippen LogP contribution in [0.1, 0.15) is 31.8 Å². The lowest BCUT2D eigenvalue weighted by atomic mass is 9.94. The lowest BCUT2D eigenvalue weighted by Crippen LogP contribution is -2.23. The zero-order chi connectivity index (χ0) is 52.6. The van der Waals surface area contributed by atoms with E-state index in [9.17, 15) is 61.5 Å². The summed E-state index contributed by atoms with van der Waals surface area (Å²) in [6.07, 6.45) is 1.48. The molecule has 0 aliphatic heterocycles. The van der Waals surface area contributed by atoms with Crippen molar-refractivity contribution in [2.45, 2.75) is 9.79 Å². The van der Waals surface area contributed by atoms with Crippen molar-refractivity contribution in [3.63, 3.8) is 0 Å². The summed E-state index contributed by atoms with van der Waals surface area (Å²) in [5.74, 6) is -2.16. The molecule has 0 spiro atoms. The molecule has 2 aliphatic rings. The van der Waals surface area contributed by atoms with E-state index in [4.69, 9.17) is 9.47 Å². The Balaban J connectivity index is 1.11. The molecule has 6 aromatic rings. The molecule has 0 atom stereocenters. The van der Waals surface area contributed by atoms with Crippen molar-refractivity contribution in [3.05, 3.63) is 138 Å². The van der Waals surface area contributed by atoms with Crippen LogP contribution in [-0.4, -0.2) is 104 Å². The van der Waals surface area contributed by atoms with Gasteiger partial charge in [0.15, 0.2) is 0 Å². The van der Waals surface area contributed by atoms with Crippen LogP contribution >= 0.6 is 0 Å². The number of benzene rings is 5. The van der Waals surface area contributed by atoms with Gasteiger partial charge in [0, 0.05) is 51.4 Å². The molecule has 0 amide bonds. The number of allylic oxidation sites excluding steroid dienone is 2. The first-order valence-electron chi connectivity index (χ1n) is 20.3. The van der Waals surface area contributed by atoms with Gasteiger partial charge in [0.25, 0.3) is 40.5 Å². The van der Waals surface area contributed by atoms with Crippen LogP contribution in [-0.2, 0) is 40.5 Å². The second-order valence-electron chi connectivity index (χ2n) is 15.1. The average molecular weight is 1080 g/mol. The van der Waals surface area contributed by atoms with Gasteiger partial charge >= 0.3 is 0 Å². The van der Waals surface area contributed by atoms with Gasteiger partial charge in [0.1, 0.15) is 42.5 Å². The SMILES string of the molecule is COc1ccc(N/N=C2/C=C(S(=O)(=O)O)c3cc(Nc4nc(Nc5ccccc5)nc(Nc5ccc6c(c5)C(S(=O)(=O)O)=C/C(=N\Nc5ccc(OC)cc5S(=O)(=O)O)C6=O)n4)ccc3C2=O)c(S(=O)(=O)O)c1. The third-order valence-corrected chi connectivity index (χ3v) is 13.9. The molecule has 26 nitrogen and oxygen atoms in total. The van der Waals surface area contributed by atoms with Crippen molar-refractivity contribution < 1.29 is 70.9 Å². The lowest BCUT2D eigenvalue weighted by molar-refractivity contribution is 0.105. The minimum absolute atomic E-state index is 0.0518. The zero-order valence-corrected chi connectivity index (χ0v) is 40.3. The van der Waals surface area contributed by atoms with Crippen LogP contribution < -0.4 is 36.3 Å². The molecule has 73 heavy (non-hydrogen) atoms. The van der Waals surface area contributed by atoms with Crippen LogP contribution in [0.5, 0.6) is 11.5 Å². The molecule has 0 radical (unpaired) electrons. The number of carbonyl (C=O) groups excluding carboxylic acids is 2. The molecule has 0 unspecified atom stereocenters. The van der Waals surface area contributed by atoms with Gasteiger partial charge < -0.3 is 25.4 Å². The summed E-state index contributed by atoms with van der Waals surface area (Å²) in [6, 6.07) is 22.9. The number of para-hydroxylation sites is 1. The Morgan fingerprint density at radius 3 is 1.19 bits per heavy atom. The van der Waals surface area contributed by atoms with E-state index in [0.717, 1.165) is 24.3 Å². The monoisotopic (exact) mass is 1070 g/mol. The van der Waals surface area contributed by atoms with E-state index in [1.54, 1.807) is 30.3 Å². The van der Waals surface area contributed by atoms with E-state index in [2.05, 4.69) is 52.0 Å². The normalized spacial score (nSPS) is 14.9. The second-order valence-corrected chi connectivity index (χ2v) is 20.6. The average Bonchev–Trinajstić information content (AvgIpc) is 3.32. The van der Waals surface area contributed by atoms with Gasteiger partial charge in [-0.15, -0.1) is 0 Å². The highest BCUT2D eigenvalue weighted by molar-refractivity contribution is 7.95. The Morgan fingerprint density at radius 2 is 0.836 bits per heavy atom. The van der Waals surface area contributed by atoms with Gasteiger partial charge in [0.05, 0.1) is 25.6 Å². The largest absolute Gasteiger partial charge is 0.497 e. The molecule has 1 aromatic heterocycles. The van der Waals surface area contributed by atoms with Gasteiger partial charge in [-0.2, -0.15) is 58.8 Å². The Morgan fingerprint density at radius 1 is 0.452 bits per heavy atom. The first-order valence-corrected chi connectivity index (χ1v) is 26.0. The molecule has 8 rings (SSSR count). The topological polar surface area (TPSA) is 394 Å². The Labute approximate surface area is 413 Å². The van der Waals surface area contributed by atoms with E-state index < -0.39 is 83.1 Å². The Hall–Kier alpha value is -8.49. The predicted octanol–water partition coefficient (Wildman–Crippen LogP) is 5.40. The van der Waals surface area contributed by atoms with Crippen molar-refractivity contribution in [2.24, 2.45) is 10.2 Å². The van der Waals surface area contributed by atoms with E-state index >= 15 is 0 Å². The predicted molar refractivity (Wildman–Crippen MR) is 264 cm³/mol. The van der Waals surface area contributed by atoms with E-state index in [1.165, 1.54) is 74.9 Å². The third kappa shape index (κ3) is 11.3. The number of aromatic nitrogens is 3. The summed E-state index contributed by atoms with van der Waals surface area (Å²) < 4.78 is 150. The van der Waals surface area contributed by atoms with Crippen LogP contribution in [0.3, 0.4) is 0 Å². The number of anilines is 8. The van der Waals surface area contributed by atoms with Gasteiger partial charge in [-0.3, -0.25) is 38.7 Å². The standard InChI is InChI=1S/C43H34N10O16S4/c1-68-25-10-14-31(37(18-25)72(62,63)64)50-52-33-20-35(70(56,57)58)29-16-23(8-12-27(29)39(33)54)45-42-47-41(44-22-6-4-3-5-7-22)48-43(49-42)46-24-9-13-28-30(17-24)36(71(59,60)61)21-34(40(28)55)53-51-32-15-11-26(69-2)19-38(32)73(65,66)67/h3-21,50-51H,1-2H3,(H,56,57,58)(H,59,60,61)(H,62,63,64)(H,65,66,67)(H3,44,45,46,47,48,49)/b52-33-,53-34+. The number of hydrazone groups is 2. The Bertz CT molecular complexity index is 3680. The van der Waals surface area contributed by atoms with Crippen molar-refractivity contribution >= 4 is 120 Å². The highest BCUT2D eigenvalue weighted by Gasteiger charge is 2.33. The molecule has 2 aliphatic carbocycles. The van der Waals surface area contributed by atoms with E-state index in [-0.39, 0.29) is 74.3 Å². The van der Waals surface area contributed by atoms with Crippen LogP contribution in [0, 0.1) is 0 Å². The van der Waals surface area contributed by atoms with Crippen molar-refractivity contribution in [1.82, 2.24) is 15.0 Å². The number of rotatable bonds is 16. The summed E-state index contributed by atoms with van der Waals surface area (Å²) >= 11 is 0. The molecular formula is C43H34N10O16S4. The molecule has 0 bridgehead atoms. The lowest BCUT2D eigenvalue weighted by Gasteiger charge is -2.19. The number of nitrogens with zero attached hydrogens (tertiary/aromatic N) is 5. The fourth-order valence-electron chi connectivity index (χ4n) is 7.02. The molecule has 5 aromatic carbocycles. The third-order valence-electron chi connectivity index (χ3n) is 10.3. The highest BCUT2D eigenvalue weighted by Crippen LogP contribution is 2.36. The minimum atomic E-state index is -5.10. The summed E-state index contributed by atoms with van der Waals surface area (Å²) in [5.41, 5.74) is 2.36. The van der Waals surface area contributed by atoms with Gasteiger partial charge in [-0.25, -0.2) is 0 Å². The second kappa shape index (κ2) is 19.6. The van der Waals surface area contributed by atoms with Crippen molar-refractivity contribution in [1.29, 1.82) is 0 Å². The number of ether oxygens (including phenoxy) is 2. The first-order chi connectivity index (χ1) is 34.4. The fourth-order valence-corrected chi connectivity index (χ4v) is 9.74. The van der Waals surface area contributed by atoms with E-state index in [1.807, 2.05) is 0 Å². The van der Waals surface area contributed by atoms with Crippen LogP contribution in [0.4, 0.5) is 46.3 Å². The maximum atomic E-state index is 13.7. The van der Waals surface area contributed by atoms with Gasteiger partial charge in [0.2, 0.25) is 29.4 Å². The molecule has 9 N–H and O–H groups in total. The first kappa shape index (κ1) is 50.9. The number of hydrogen-bond donors (Lipinski definition) is 9. The number of carbonyl (C=O) groups is 2. The number of nitrogens with one attached hydrogen (secondary N) is 5. The smallest absolute Gasteiger partial charge is 0.296 e. The number of methoxy groups -OCH3 is 2. The van der Waals surface area contributed by atoms with Crippen molar-refractivity contribution in [2.75, 3.05) is 41.0 Å². The number of ketones is 2. The van der Waals surface area contributed by atoms with Crippen molar-refractivity contribution in [3.8, 4) is 11.5 Å². The summed E-state index contributed by atoms with van der Waals surface area (Å²) in [5, 5.41) is 16.5. The number of Topliss-reactive ketones (excluding diaryl/α,β-unsaturated/α-hetero) is 2. The number of hydrogen-bond acceptors (Lipinski definition) is 22. The summed E-state index contributed by atoms with van der Waals surface area (Å²) in [7, 11) is -17.4. The molecule has 0 saturated carbocycles. The molecule has 376 valence electrons. The quantitative estimate of drug-likeness (QED) is 0.0432.